The van der Waals surface area contributed by atoms with Gasteiger partial charge in [0.25, 0.3) is 0 Å². The molecule has 0 spiro atoms. The first-order chi connectivity index (χ1) is 7.33. The van der Waals surface area contributed by atoms with E-state index in [4.69, 9.17) is 5.73 Å². The largest absolute Gasteiger partial charge is 0.383 e. The van der Waals surface area contributed by atoms with E-state index in [0.29, 0.717) is 0 Å². The van der Waals surface area contributed by atoms with E-state index in [1.165, 1.54) is 0 Å². The molecule has 2 N–H and O–H groups in total. The summed E-state index contributed by atoms with van der Waals surface area (Å²) in [5.41, 5.74) is 7.96. The summed E-state index contributed by atoms with van der Waals surface area (Å²) in [6, 6.07) is 5.93. The second kappa shape index (κ2) is 4.57. The van der Waals surface area contributed by atoms with Crippen LogP contribution >= 0.6 is 11.8 Å². The van der Waals surface area contributed by atoms with Crippen LogP contribution in [0.1, 0.15) is 12.6 Å². The maximum Gasteiger partial charge on any atom is 0.138 e. The highest BCUT2D eigenvalue weighted by atomic mass is 32.2. The fraction of sp³-hybridized carbons (Fsp3) is 0.364. The Bertz CT molecular complexity index is 450. The summed E-state index contributed by atoms with van der Waals surface area (Å²) in [5, 5.41) is 0. The van der Waals surface area contributed by atoms with Crippen molar-refractivity contribution < 1.29 is 0 Å². The molecule has 80 valence electrons. The summed E-state index contributed by atoms with van der Waals surface area (Å²) < 4.78 is 1.94. The van der Waals surface area contributed by atoms with Gasteiger partial charge in [0.2, 0.25) is 0 Å². The van der Waals surface area contributed by atoms with Crippen molar-refractivity contribution in [1.82, 2.24) is 9.38 Å². The second-order valence-corrected chi connectivity index (χ2v) is 4.71. The van der Waals surface area contributed by atoms with Gasteiger partial charge >= 0.3 is 0 Å². The van der Waals surface area contributed by atoms with E-state index < -0.39 is 0 Å². The molecule has 15 heavy (non-hydrogen) atoms. The van der Waals surface area contributed by atoms with Crippen molar-refractivity contribution in [2.45, 2.75) is 13.3 Å². The molecule has 0 saturated heterocycles. The van der Waals surface area contributed by atoms with Crippen LogP contribution in [0.3, 0.4) is 0 Å². The normalized spacial score (nSPS) is 11.0. The smallest absolute Gasteiger partial charge is 0.138 e. The molecule has 2 heterocycles. The van der Waals surface area contributed by atoms with E-state index in [2.05, 4.69) is 11.9 Å². The maximum atomic E-state index is 6.01. The minimum Gasteiger partial charge on any atom is -0.383 e. The highest BCUT2D eigenvalue weighted by Crippen LogP contribution is 2.16. The van der Waals surface area contributed by atoms with E-state index in [1.54, 1.807) is 0 Å². The summed E-state index contributed by atoms with van der Waals surface area (Å²) in [6.45, 7) is 2.16. The zero-order valence-corrected chi connectivity index (χ0v) is 9.63. The molecule has 0 radical (unpaired) electrons. The van der Waals surface area contributed by atoms with Crippen LogP contribution < -0.4 is 5.73 Å². The molecule has 0 amide bonds. The SMILES string of the molecule is CCSCCc1nc2ccccn2c1N. The molecule has 2 aromatic rings. The van der Waals surface area contributed by atoms with Crippen LogP contribution in [-0.2, 0) is 6.42 Å². The van der Waals surface area contributed by atoms with Crippen LogP contribution in [0.15, 0.2) is 24.4 Å². The van der Waals surface area contributed by atoms with Crippen LogP contribution in [0, 0.1) is 0 Å². The molecule has 0 atom stereocenters. The number of aromatic nitrogens is 2. The highest BCUT2D eigenvalue weighted by molar-refractivity contribution is 7.99. The highest BCUT2D eigenvalue weighted by Gasteiger charge is 2.07. The van der Waals surface area contributed by atoms with Crippen molar-refractivity contribution in [3.05, 3.63) is 30.1 Å². The zero-order chi connectivity index (χ0) is 10.7. The first-order valence-corrected chi connectivity index (χ1v) is 6.27. The first kappa shape index (κ1) is 10.4. The molecule has 0 aliphatic heterocycles. The van der Waals surface area contributed by atoms with E-state index in [1.807, 2.05) is 40.6 Å². The quantitative estimate of drug-likeness (QED) is 0.805. The summed E-state index contributed by atoms with van der Waals surface area (Å²) in [6.07, 6.45) is 2.90. The van der Waals surface area contributed by atoms with Crippen molar-refractivity contribution in [3.8, 4) is 0 Å². The monoisotopic (exact) mass is 221 g/mol. The molecule has 4 heteroatoms. The Morgan fingerprint density at radius 2 is 2.33 bits per heavy atom. The number of pyridine rings is 1. The van der Waals surface area contributed by atoms with Gasteiger partial charge in [0.15, 0.2) is 0 Å². The van der Waals surface area contributed by atoms with Gasteiger partial charge in [-0.15, -0.1) is 0 Å². The van der Waals surface area contributed by atoms with Gasteiger partial charge in [-0.3, -0.25) is 4.40 Å². The van der Waals surface area contributed by atoms with Gasteiger partial charge in [-0.25, -0.2) is 4.98 Å². The molecule has 0 aliphatic rings. The average Bonchev–Trinajstić information content (AvgIpc) is 2.57. The van der Waals surface area contributed by atoms with E-state index in [9.17, 15) is 0 Å². The van der Waals surface area contributed by atoms with Crippen molar-refractivity contribution in [1.29, 1.82) is 0 Å². The third-order valence-corrected chi connectivity index (χ3v) is 3.23. The van der Waals surface area contributed by atoms with Gasteiger partial charge in [-0.2, -0.15) is 11.8 Å². The molecule has 0 aromatic carbocycles. The number of nitrogens with two attached hydrogens (primary N) is 1. The third-order valence-electron chi connectivity index (χ3n) is 2.33. The van der Waals surface area contributed by atoms with Crippen LogP contribution in [0.5, 0.6) is 0 Å². The fourth-order valence-electron chi connectivity index (χ4n) is 1.56. The lowest BCUT2D eigenvalue weighted by molar-refractivity contribution is 1.09. The molecule has 0 fully saturated rings. The molecule has 0 aliphatic carbocycles. The average molecular weight is 221 g/mol. The lowest BCUT2D eigenvalue weighted by Crippen LogP contribution is -1.97. The molecule has 0 unspecified atom stereocenters. The minimum atomic E-state index is 0.780. The topological polar surface area (TPSA) is 43.3 Å². The number of fused-ring (bicyclic) bond motifs is 1. The predicted octanol–water partition coefficient (Wildman–Crippen LogP) is 2.21. The van der Waals surface area contributed by atoms with Gasteiger partial charge in [0, 0.05) is 12.6 Å². The van der Waals surface area contributed by atoms with Crippen LogP contribution in [-0.4, -0.2) is 20.9 Å². The van der Waals surface area contributed by atoms with Gasteiger partial charge in [0.1, 0.15) is 11.5 Å². The van der Waals surface area contributed by atoms with Gasteiger partial charge in [0.05, 0.1) is 5.69 Å². The number of hydrogen-bond donors (Lipinski definition) is 1. The summed E-state index contributed by atoms with van der Waals surface area (Å²) in [7, 11) is 0. The number of thioether (sulfide) groups is 1. The second-order valence-electron chi connectivity index (χ2n) is 3.32. The molecule has 0 bridgehead atoms. The van der Waals surface area contributed by atoms with Crippen LogP contribution in [0.2, 0.25) is 0 Å². The van der Waals surface area contributed by atoms with Crippen molar-refractivity contribution in [2.75, 3.05) is 17.2 Å². The molecular formula is C11H15N3S. The van der Waals surface area contributed by atoms with Crippen LogP contribution in [0.4, 0.5) is 5.82 Å². The summed E-state index contributed by atoms with van der Waals surface area (Å²) >= 11 is 1.92. The number of anilines is 1. The predicted molar refractivity (Wildman–Crippen MR) is 66.3 cm³/mol. The third kappa shape index (κ3) is 2.09. The first-order valence-electron chi connectivity index (χ1n) is 5.12. The Kier molecular flexibility index (Phi) is 3.16. The van der Waals surface area contributed by atoms with Crippen molar-refractivity contribution in [3.63, 3.8) is 0 Å². The standard InChI is InChI=1S/C11H15N3S/c1-2-15-8-6-9-11(12)14-7-4-3-5-10(14)13-9/h3-5,7H,2,6,8,12H2,1H3. The Labute approximate surface area is 93.7 Å². The van der Waals surface area contributed by atoms with Gasteiger partial charge < -0.3 is 5.73 Å². The molecule has 3 nitrogen and oxygen atoms in total. The number of nitrogen functional groups attached to an aromatic ring is 1. The number of hydrogen-bond acceptors (Lipinski definition) is 3. The molecule has 2 aromatic heterocycles. The maximum absolute atomic E-state index is 6.01. The lowest BCUT2D eigenvalue weighted by Gasteiger charge is -1.97. The van der Waals surface area contributed by atoms with Crippen LogP contribution in [0.25, 0.3) is 5.65 Å². The molecular weight excluding hydrogens is 206 g/mol. The van der Waals surface area contributed by atoms with E-state index >= 15 is 0 Å². The Balaban J connectivity index is 2.24. The molecule has 2 rings (SSSR count). The van der Waals surface area contributed by atoms with E-state index in [-0.39, 0.29) is 0 Å². The van der Waals surface area contributed by atoms with Gasteiger partial charge in [-0.05, 0) is 23.6 Å². The zero-order valence-electron chi connectivity index (χ0n) is 8.81. The minimum absolute atomic E-state index is 0.780. The number of imidazole rings is 1. The fourth-order valence-corrected chi connectivity index (χ4v) is 2.19. The number of nitrogens with zero attached hydrogens (tertiary/aromatic N) is 2. The lowest BCUT2D eigenvalue weighted by atomic mass is 10.3. The Hall–Kier alpha value is -1.16. The number of rotatable bonds is 4. The van der Waals surface area contributed by atoms with Gasteiger partial charge in [-0.1, -0.05) is 13.0 Å². The Morgan fingerprint density at radius 1 is 1.47 bits per heavy atom. The Morgan fingerprint density at radius 3 is 3.07 bits per heavy atom. The van der Waals surface area contributed by atoms with E-state index in [0.717, 1.165) is 35.1 Å². The number of aryl methyl sites for hydroxylation is 1. The van der Waals surface area contributed by atoms with Crippen molar-refractivity contribution >= 4 is 23.2 Å². The summed E-state index contributed by atoms with van der Waals surface area (Å²) in [4.78, 5) is 4.51. The summed E-state index contributed by atoms with van der Waals surface area (Å²) in [5.74, 6) is 3.01. The molecule has 0 saturated carbocycles. The van der Waals surface area contributed by atoms with Crippen molar-refractivity contribution in [2.24, 2.45) is 0 Å².